The van der Waals surface area contributed by atoms with Crippen LogP contribution in [0.1, 0.15) is 11.1 Å². The highest BCUT2D eigenvalue weighted by Crippen LogP contribution is 2.11. The van der Waals surface area contributed by atoms with E-state index in [9.17, 15) is 8.78 Å². The molecular formula is C12H9F2N. The van der Waals surface area contributed by atoms with E-state index in [1.807, 2.05) is 30.3 Å². The van der Waals surface area contributed by atoms with Gasteiger partial charge in [0.05, 0.1) is 0 Å². The third-order valence-corrected chi connectivity index (χ3v) is 2.13. The minimum atomic E-state index is -0.788. The highest BCUT2D eigenvalue weighted by atomic mass is 19.1. The molecule has 0 radical (unpaired) electrons. The van der Waals surface area contributed by atoms with Gasteiger partial charge in [0.2, 0.25) is 11.9 Å². The van der Waals surface area contributed by atoms with Crippen molar-refractivity contribution in [2.24, 2.45) is 0 Å². The first kappa shape index (κ1) is 9.77. The van der Waals surface area contributed by atoms with Crippen LogP contribution in [0.3, 0.4) is 0 Å². The molecule has 0 atom stereocenters. The van der Waals surface area contributed by atoms with Crippen molar-refractivity contribution >= 4 is 0 Å². The SMILES string of the molecule is Fc1ccc(Cc2ccccc2)c(F)n1. The van der Waals surface area contributed by atoms with Crippen LogP contribution < -0.4 is 0 Å². The molecule has 2 aromatic rings. The second-order valence-corrected chi connectivity index (χ2v) is 3.25. The van der Waals surface area contributed by atoms with Crippen LogP contribution in [-0.2, 0) is 6.42 Å². The lowest BCUT2D eigenvalue weighted by atomic mass is 10.1. The maximum absolute atomic E-state index is 13.2. The molecule has 0 unspecified atom stereocenters. The Morgan fingerprint density at radius 3 is 2.33 bits per heavy atom. The Morgan fingerprint density at radius 1 is 0.933 bits per heavy atom. The van der Waals surface area contributed by atoms with Crippen LogP contribution in [0.4, 0.5) is 8.78 Å². The van der Waals surface area contributed by atoms with Crippen LogP contribution in [0.5, 0.6) is 0 Å². The largest absolute Gasteiger partial charge is 0.219 e. The minimum absolute atomic E-state index is 0.405. The number of pyridine rings is 1. The van der Waals surface area contributed by atoms with E-state index in [1.165, 1.54) is 12.1 Å². The van der Waals surface area contributed by atoms with Crippen molar-refractivity contribution in [2.75, 3.05) is 0 Å². The maximum atomic E-state index is 13.2. The lowest BCUT2D eigenvalue weighted by Gasteiger charge is -2.02. The zero-order chi connectivity index (χ0) is 10.7. The summed E-state index contributed by atoms with van der Waals surface area (Å²) in [6.07, 6.45) is 0.431. The van der Waals surface area contributed by atoms with Gasteiger partial charge in [-0.1, -0.05) is 30.3 Å². The van der Waals surface area contributed by atoms with Crippen molar-refractivity contribution in [3.8, 4) is 0 Å². The molecule has 0 aliphatic carbocycles. The summed E-state index contributed by atoms with van der Waals surface area (Å²) in [7, 11) is 0. The lowest BCUT2D eigenvalue weighted by molar-refractivity contribution is 0.504. The Kier molecular flexibility index (Phi) is 2.72. The van der Waals surface area contributed by atoms with E-state index in [0.717, 1.165) is 5.56 Å². The first-order chi connectivity index (χ1) is 7.25. The molecule has 0 spiro atoms. The molecule has 1 nitrogen and oxygen atoms in total. The fraction of sp³-hybridized carbons (Fsp3) is 0.0833. The topological polar surface area (TPSA) is 12.9 Å². The highest BCUT2D eigenvalue weighted by Gasteiger charge is 2.05. The molecule has 0 saturated heterocycles. The van der Waals surface area contributed by atoms with E-state index in [1.54, 1.807) is 0 Å². The van der Waals surface area contributed by atoms with E-state index >= 15 is 0 Å². The molecule has 0 aliphatic heterocycles. The van der Waals surface area contributed by atoms with Crippen molar-refractivity contribution in [1.82, 2.24) is 4.98 Å². The van der Waals surface area contributed by atoms with Crippen molar-refractivity contribution < 1.29 is 8.78 Å². The molecule has 15 heavy (non-hydrogen) atoms. The van der Waals surface area contributed by atoms with Crippen LogP contribution in [0.2, 0.25) is 0 Å². The first-order valence-corrected chi connectivity index (χ1v) is 4.60. The quantitative estimate of drug-likeness (QED) is 0.687. The number of hydrogen-bond donors (Lipinski definition) is 0. The van der Waals surface area contributed by atoms with Gasteiger partial charge in [0.1, 0.15) is 0 Å². The van der Waals surface area contributed by atoms with Gasteiger partial charge in [-0.15, -0.1) is 0 Å². The second-order valence-electron chi connectivity index (χ2n) is 3.25. The third kappa shape index (κ3) is 2.37. The predicted octanol–water partition coefficient (Wildman–Crippen LogP) is 2.95. The summed E-state index contributed by atoms with van der Waals surface area (Å²) in [6, 6.07) is 12.0. The molecule has 0 fully saturated rings. The van der Waals surface area contributed by atoms with Gasteiger partial charge in [-0.2, -0.15) is 13.8 Å². The van der Waals surface area contributed by atoms with Crippen LogP contribution in [-0.4, -0.2) is 4.98 Å². The fourth-order valence-electron chi connectivity index (χ4n) is 1.39. The average Bonchev–Trinajstić information content (AvgIpc) is 2.24. The summed E-state index contributed by atoms with van der Waals surface area (Å²) >= 11 is 0. The van der Waals surface area contributed by atoms with Gasteiger partial charge in [-0.05, 0) is 17.7 Å². The summed E-state index contributed by atoms with van der Waals surface area (Å²) in [5, 5.41) is 0. The lowest BCUT2D eigenvalue weighted by Crippen LogP contribution is -1.97. The maximum Gasteiger partial charge on any atom is 0.219 e. The average molecular weight is 205 g/mol. The summed E-state index contributed by atoms with van der Waals surface area (Å²) in [6.45, 7) is 0. The Hall–Kier alpha value is -1.77. The monoisotopic (exact) mass is 205 g/mol. The molecule has 0 saturated carbocycles. The molecule has 1 heterocycles. The van der Waals surface area contributed by atoms with E-state index in [0.29, 0.717) is 12.0 Å². The molecule has 1 aromatic heterocycles. The van der Waals surface area contributed by atoms with E-state index in [4.69, 9.17) is 0 Å². The summed E-state index contributed by atoms with van der Waals surface area (Å²) in [5.41, 5.74) is 1.38. The van der Waals surface area contributed by atoms with Gasteiger partial charge in [0, 0.05) is 12.0 Å². The van der Waals surface area contributed by atoms with Gasteiger partial charge >= 0.3 is 0 Å². The van der Waals surface area contributed by atoms with Gasteiger partial charge in [0.25, 0.3) is 0 Å². The molecular weight excluding hydrogens is 196 g/mol. The van der Waals surface area contributed by atoms with Crippen LogP contribution >= 0.6 is 0 Å². The number of rotatable bonds is 2. The molecule has 0 bridgehead atoms. The van der Waals surface area contributed by atoms with Gasteiger partial charge in [-0.25, -0.2) is 0 Å². The third-order valence-electron chi connectivity index (χ3n) is 2.13. The highest BCUT2D eigenvalue weighted by molar-refractivity contribution is 5.24. The van der Waals surface area contributed by atoms with Crippen LogP contribution in [0.15, 0.2) is 42.5 Å². The number of aromatic nitrogens is 1. The van der Waals surface area contributed by atoms with Crippen molar-refractivity contribution in [2.45, 2.75) is 6.42 Å². The Labute approximate surface area is 86.4 Å². The van der Waals surface area contributed by atoms with E-state index < -0.39 is 11.9 Å². The Bertz CT molecular complexity index is 454. The molecule has 76 valence electrons. The second kappa shape index (κ2) is 4.17. The summed E-state index contributed by atoms with van der Waals surface area (Å²) < 4.78 is 25.7. The number of benzene rings is 1. The Balaban J connectivity index is 2.25. The first-order valence-electron chi connectivity index (χ1n) is 4.60. The summed E-state index contributed by atoms with van der Waals surface area (Å²) in [4.78, 5) is 3.14. The number of halogens is 2. The molecule has 0 aliphatic rings. The standard InChI is InChI=1S/C12H9F2N/c13-11-7-6-10(12(14)15-11)8-9-4-2-1-3-5-9/h1-7H,8H2. The van der Waals surface area contributed by atoms with Crippen LogP contribution in [0.25, 0.3) is 0 Å². The smallest absolute Gasteiger partial charge is 0.190 e. The van der Waals surface area contributed by atoms with E-state index in [-0.39, 0.29) is 0 Å². The zero-order valence-electron chi connectivity index (χ0n) is 7.95. The van der Waals surface area contributed by atoms with Gasteiger partial charge in [-0.3, -0.25) is 0 Å². The molecule has 3 heteroatoms. The minimum Gasteiger partial charge on any atom is -0.190 e. The van der Waals surface area contributed by atoms with Gasteiger partial charge < -0.3 is 0 Å². The molecule has 2 rings (SSSR count). The number of nitrogens with zero attached hydrogens (tertiary/aromatic N) is 1. The van der Waals surface area contributed by atoms with Crippen molar-refractivity contribution in [3.63, 3.8) is 0 Å². The normalized spacial score (nSPS) is 10.3. The van der Waals surface area contributed by atoms with Crippen molar-refractivity contribution in [3.05, 3.63) is 65.5 Å². The predicted molar refractivity (Wildman–Crippen MR) is 53.4 cm³/mol. The molecule has 0 amide bonds. The van der Waals surface area contributed by atoms with Crippen LogP contribution in [0, 0.1) is 11.9 Å². The molecule has 0 N–H and O–H groups in total. The zero-order valence-corrected chi connectivity index (χ0v) is 7.95. The fourth-order valence-corrected chi connectivity index (χ4v) is 1.39. The Morgan fingerprint density at radius 2 is 1.67 bits per heavy atom. The van der Waals surface area contributed by atoms with Gasteiger partial charge in [0.15, 0.2) is 0 Å². The summed E-state index contributed by atoms with van der Waals surface area (Å²) in [5.74, 6) is -1.52. The number of hydrogen-bond acceptors (Lipinski definition) is 1. The van der Waals surface area contributed by atoms with Crippen molar-refractivity contribution in [1.29, 1.82) is 0 Å². The van der Waals surface area contributed by atoms with E-state index in [2.05, 4.69) is 4.98 Å². The molecule has 1 aromatic carbocycles.